The standard InChI is InChI=1S/C13H15N3O2S/c14-7-12-10(2-1-3-15-12)8-16-4-5-19-9-11(16)6-13(17)18/h1-3,11H,4-6,8-9H2,(H,17,18). The Morgan fingerprint density at radius 1 is 1.68 bits per heavy atom. The van der Waals surface area contributed by atoms with Crippen molar-refractivity contribution in [3.05, 3.63) is 29.6 Å². The van der Waals surface area contributed by atoms with E-state index < -0.39 is 5.97 Å². The van der Waals surface area contributed by atoms with Crippen LogP contribution in [0.15, 0.2) is 18.3 Å². The van der Waals surface area contributed by atoms with Crippen LogP contribution in [-0.2, 0) is 11.3 Å². The van der Waals surface area contributed by atoms with Gasteiger partial charge in [0.15, 0.2) is 0 Å². The van der Waals surface area contributed by atoms with E-state index in [2.05, 4.69) is 16.0 Å². The highest BCUT2D eigenvalue weighted by Crippen LogP contribution is 2.21. The van der Waals surface area contributed by atoms with Crippen molar-refractivity contribution in [1.29, 1.82) is 5.26 Å². The monoisotopic (exact) mass is 277 g/mol. The number of nitrogens with zero attached hydrogens (tertiary/aromatic N) is 3. The number of hydrogen-bond acceptors (Lipinski definition) is 5. The molecular weight excluding hydrogens is 262 g/mol. The van der Waals surface area contributed by atoms with Gasteiger partial charge in [-0.15, -0.1) is 0 Å². The molecule has 1 aromatic rings. The van der Waals surface area contributed by atoms with Gasteiger partial charge in [0.2, 0.25) is 0 Å². The Kier molecular flexibility index (Phi) is 4.77. The number of nitriles is 1. The molecule has 0 amide bonds. The molecule has 6 heteroatoms. The van der Waals surface area contributed by atoms with Crippen LogP contribution in [-0.4, -0.2) is 45.1 Å². The molecule has 5 nitrogen and oxygen atoms in total. The summed E-state index contributed by atoms with van der Waals surface area (Å²) in [4.78, 5) is 17.1. The number of pyridine rings is 1. The Labute approximate surface area is 116 Å². The zero-order valence-electron chi connectivity index (χ0n) is 10.5. The summed E-state index contributed by atoms with van der Waals surface area (Å²) in [7, 11) is 0. The van der Waals surface area contributed by atoms with Crippen molar-refractivity contribution in [3.63, 3.8) is 0 Å². The van der Waals surface area contributed by atoms with E-state index in [9.17, 15) is 4.79 Å². The number of carbonyl (C=O) groups is 1. The molecule has 1 aliphatic rings. The SMILES string of the molecule is N#Cc1ncccc1CN1CCSCC1CC(=O)O. The number of carboxylic acid groups (broad SMARTS) is 1. The Hall–Kier alpha value is -1.58. The average molecular weight is 277 g/mol. The molecule has 0 aliphatic carbocycles. The van der Waals surface area contributed by atoms with Crippen molar-refractivity contribution in [2.75, 3.05) is 18.1 Å². The summed E-state index contributed by atoms with van der Waals surface area (Å²) < 4.78 is 0. The predicted octanol–water partition coefficient (Wildman–Crippen LogP) is 1.35. The molecule has 100 valence electrons. The van der Waals surface area contributed by atoms with Crippen LogP contribution in [0.4, 0.5) is 0 Å². The van der Waals surface area contributed by atoms with Crippen molar-refractivity contribution in [1.82, 2.24) is 9.88 Å². The molecule has 1 fully saturated rings. The fraction of sp³-hybridized carbons (Fsp3) is 0.462. The quantitative estimate of drug-likeness (QED) is 0.895. The average Bonchev–Trinajstić information content (AvgIpc) is 2.41. The van der Waals surface area contributed by atoms with E-state index in [4.69, 9.17) is 10.4 Å². The van der Waals surface area contributed by atoms with Crippen molar-refractivity contribution < 1.29 is 9.90 Å². The fourth-order valence-corrected chi connectivity index (χ4v) is 3.30. The molecule has 1 atom stereocenters. The maximum absolute atomic E-state index is 10.9. The Balaban J connectivity index is 2.11. The first-order valence-corrected chi connectivity index (χ1v) is 7.23. The van der Waals surface area contributed by atoms with Gasteiger partial charge in [0, 0.05) is 42.4 Å². The minimum Gasteiger partial charge on any atom is -0.481 e. The van der Waals surface area contributed by atoms with Crippen molar-refractivity contribution >= 4 is 17.7 Å². The molecule has 1 unspecified atom stereocenters. The van der Waals surface area contributed by atoms with E-state index in [0.717, 1.165) is 23.6 Å². The maximum Gasteiger partial charge on any atom is 0.304 e. The van der Waals surface area contributed by atoms with Gasteiger partial charge in [-0.25, -0.2) is 4.98 Å². The smallest absolute Gasteiger partial charge is 0.304 e. The molecule has 0 spiro atoms. The number of aromatic nitrogens is 1. The van der Waals surface area contributed by atoms with Gasteiger partial charge in [0.1, 0.15) is 11.8 Å². The summed E-state index contributed by atoms with van der Waals surface area (Å²) in [6.45, 7) is 1.44. The fourth-order valence-electron chi connectivity index (χ4n) is 2.17. The molecule has 2 heterocycles. The van der Waals surface area contributed by atoms with Gasteiger partial charge in [-0.1, -0.05) is 6.07 Å². The predicted molar refractivity (Wildman–Crippen MR) is 72.7 cm³/mol. The first-order valence-electron chi connectivity index (χ1n) is 6.08. The third-order valence-electron chi connectivity index (χ3n) is 3.13. The first kappa shape index (κ1) is 13.8. The number of rotatable bonds is 4. The second-order valence-electron chi connectivity index (χ2n) is 4.42. The van der Waals surface area contributed by atoms with Gasteiger partial charge < -0.3 is 5.11 Å². The topological polar surface area (TPSA) is 77.2 Å². The lowest BCUT2D eigenvalue weighted by atomic mass is 10.1. The summed E-state index contributed by atoms with van der Waals surface area (Å²) in [5, 5.41) is 18.0. The van der Waals surface area contributed by atoms with Crippen LogP contribution in [0.5, 0.6) is 0 Å². The van der Waals surface area contributed by atoms with Crippen LogP contribution >= 0.6 is 11.8 Å². The number of carboxylic acids is 1. The highest BCUT2D eigenvalue weighted by molar-refractivity contribution is 7.99. The second kappa shape index (κ2) is 6.55. The van der Waals surface area contributed by atoms with E-state index in [1.54, 1.807) is 24.0 Å². The maximum atomic E-state index is 10.9. The number of hydrogen-bond donors (Lipinski definition) is 1. The molecule has 0 saturated carbocycles. The largest absolute Gasteiger partial charge is 0.481 e. The lowest BCUT2D eigenvalue weighted by Crippen LogP contribution is -2.43. The third-order valence-corrected chi connectivity index (χ3v) is 4.22. The van der Waals surface area contributed by atoms with Crippen LogP contribution in [0, 0.1) is 11.3 Å². The van der Waals surface area contributed by atoms with Gasteiger partial charge in [-0.05, 0) is 6.07 Å². The van der Waals surface area contributed by atoms with Crippen LogP contribution in [0.3, 0.4) is 0 Å². The highest BCUT2D eigenvalue weighted by atomic mass is 32.2. The lowest BCUT2D eigenvalue weighted by molar-refractivity contribution is -0.138. The van der Waals surface area contributed by atoms with Gasteiger partial charge >= 0.3 is 5.97 Å². The molecule has 19 heavy (non-hydrogen) atoms. The molecule has 0 radical (unpaired) electrons. The Morgan fingerprint density at radius 2 is 2.53 bits per heavy atom. The van der Waals surface area contributed by atoms with Crippen LogP contribution in [0.1, 0.15) is 17.7 Å². The zero-order valence-corrected chi connectivity index (χ0v) is 11.3. The second-order valence-corrected chi connectivity index (χ2v) is 5.57. The Morgan fingerprint density at radius 3 is 3.26 bits per heavy atom. The van der Waals surface area contributed by atoms with Crippen molar-refractivity contribution in [3.8, 4) is 6.07 Å². The van der Waals surface area contributed by atoms with Crippen LogP contribution in [0.25, 0.3) is 0 Å². The molecule has 2 rings (SSSR count). The van der Waals surface area contributed by atoms with Crippen LogP contribution < -0.4 is 0 Å². The summed E-state index contributed by atoms with van der Waals surface area (Å²) in [5.41, 5.74) is 1.29. The normalized spacial score (nSPS) is 19.8. The van der Waals surface area contributed by atoms with E-state index in [0.29, 0.717) is 12.2 Å². The van der Waals surface area contributed by atoms with E-state index in [1.165, 1.54) is 0 Å². The molecule has 0 aromatic carbocycles. The molecular formula is C13H15N3O2S. The third kappa shape index (κ3) is 3.69. The summed E-state index contributed by atoms with van der Waals surface area (Å²) >= 11 is 1.78. The van der Waals surface area contributed by atoms with E-state index >= 15 is 0 Å². The van der Waals surface area contributed by atoms with Gasteiger partial charge in [0.05, 0.1) is 6.42 Å². The van der Waals surface area contributed by atoms with Gasteiger partial charge in [-0.3, -0.25) is 9.69 Å². The summed E-state index contributed by atoms with van der Waals surface area (Å²) in [5.74, 6) is 1.05. The molecule has 1 aromatic heterocycles. The lowest BCUT2D eigenvalue weighted by Gasteiger charge is -2.34. The minimum atomic E-state index is -0.774. The molecule has 0 bridgehead atoms. The summed E-state index contributed by atoms with van der Waals surface area (Å²) in [6, 6.07) is 5.80. The Bertz CT molecular complexity index is 501. The minimum absolute atomic E-state index is 0.0306. The van der Waals surface area contributed by atoms with Crippen molar-refractivity contribution in [2.45, 2.75) is 19.0 Å². The highest BCUT2D eigenvalue weighted by Gasteiger charge is 2.25. The van der Waals surface area contributed by atoms with Gasteiger partial charge in [-0.2, -0.15) is 17.0 Å². The van der Waals surface area contributed by atoms with E-state index in [-0.39, 0.29) is 12.5 Å². The zero-order chi connectivity index (χ0) is 13.7. The summed E-state index contributed by atoms with van der Waals surface area (Å²) in [6.07, 6.45) is 1.75. The first-order chi connectivity index (χ1) is 9.20. The van der Waals surface area contributed by atoms with Gasteiger partial charge in [0.25, 0.3) is 0 Å². The van der Waals surface area contributed by atoms with Crippen LogP contribution in [0.2, 0.25) is 0 Å². The number of thioether (sulfide) groups is 1. The molecule has 1 saturated heterocycles. The molecule has 1 aliphatic heterocycles. The van der Waals surface area contributed by atoms with Crippen molar-refractivity contribution in [2.24, 2.45) is 0 Å². The number of aliphatic carboxylic acids is 1. The molecule has 1 N–H and O–H groups in total. The van der Waals surface area contributed by atoms with E-state index in [1.807, 2.05) is 6.07 Å².